The fourth-order valence-electron chi connectivity index (χ4n) is 2.38. The van der Waals surface area contributed by atoms with Crippen LogP contribution in [-0.4, -0.2) is 20.9 Å². The van der Waals surface area contributed by atoms with Crippen molar-refractivity contribution in [2.75, 3.05) is 0 Å². The Bertz CT molecular complexity index is 575. The highest BCUT2D eigenvalue weighted by molar-refractivity contribution is 5.68. The van der Waals surface area contributed by atoms with Crippen LogP contribution in [0.3, 0.4) is 0 Å². The van der Waals surface area contributed by atoms with Gasteiger partial charge in [0.05, 0.1) is 18.2 Å². The number of hydrogen-bond acceptors (Lipinski definition) is 2. The molecule has 0 radical (unpaired) electrons. The molecule has 0 saturated carbocycles. The molecule has 1 unspecified atom stereocenters. The molecule has 0 spiro atoms. The van der Waals surface area contributed by atoms with E-state index < -0.39 is 5.97 Å². The van der Waals surface area contributed by atoms with Gasteiger partial charge in [0, 0.05) is 5.69 Å². The van der Waals surface area contributed by atoms with Gasteiger partial charge in [-0.15, -0.1) is 0 Å². The van der Waals surface area contributed by atoms with Crippen molar-refractivity contribution in [3.05, 3.63) is 53.3 Å². The number of hydrogen-bond donors (Lipinski definition) is 1. The molecule has 1 heterocycles. The first-order chi connectivity index (χ1) is 9.65. The Balaban J connectivity index is 2.46. The van der Waals surface area contributed by atoms with Crippen LogP contribution in [0, 0.1) is 0 Å². The molecule has 4 heteroatoms. The molecule has 0 aliphatic heterocycles. The molecular formula is C16H20N2O2. The minimum Gasteiger partial charge on any atom is -0.481 e. The molecular weight excluding hydrogens is 252 g/mol. The maximum Gasteiger partial charge on any atom is 0.305 e. The molecule has 2 rings (SSSR count). The Morgan fingerprint density at radius 2 is 1.95 bits per heavy atom. The Kier molecular flexibility index (Phi) is 4.56. The Labute approximate surface area is 119 Å². The van der Waals surface area contributed by atoms with Gasteiger partial charge in [-0.3, -0.25) is 9.48 Å². The van der Waals surface area contributed by atoms with Gasteiger partial charge >= 0.3 is 5.97 Å². The van der Waals surface area contributed by atoms with Gasteiger partial charge in [0.25, 0.3) is 0 Å². The van der Waals surface area contributed by atoms with E-state index in [1.165, 1.54) is 0 Å². The van der Waals surface area contributed by atoms with Crippen molar-refractivity contribution in [3.63, 3.8) is 0 Å². The second-order valence-corrected chi connectivity index (χ2v) is 4.80. The average molecular weight is 272 g/mol. The van der Waals surface area contributed by atoms with Gasteiger partial charge in [0.15, 0.2) is 0 Å². The van der Waals surface area contributed by atoms with E-state index in [4.69, 9.17) is 0 Å². The highest BCUT2D eigenvalue weighted by atomic mass is 16.4. The quantitative estimate of drug-likeness (QED) is 0.879. The lowest BCUT2D eigenvalue weighted by atomic mass is 10.0. The first-order valence-corrected chi connectivity index (χ1v) is 6.99. The van der Waals surface area contributed by atoms with Crippen LogP contribution in [0.25, 0.3) is 0 Å². The van der Waals surface area contributed by atoms with Gasteiger partial charge in [0.1, 0.15) is 0 Å². The summed E-state index contributed by atoms with van der Waals surface area (Å²) >= 11 is 0. The first-order valence-electron chi connectivity index (χ1n) is 6.99. The fraction of sp³-hybridized carbons (Fsp3) is 0.375. The van der Waals surface area contributed by atoms with Crippen LogP contribution in [0.4, 0.5) is 0 Å². The van der Waals surface area contributed by atoms with Crippen LogP contribution in [0.15, 0.2) is 36.4 Å². The van der Waals surface area contributed by atoms with Crippen molar-refractivity contribution in [1.29, 1.82) is 0 Å². The third kappa shape index (κ3) is 3.07. The predicted octanol–water partition coefficient (Wildman–Crippen LogP) is 3.07. The van der Waals surface area contributed by atoms with E-state index in [1.54, 1.807) is 0 Å². The van der Waals surface area contributed by atoms with Crippen molar-refractivity contribution in [1.82, 2.24) is 9.78 Å². The summed E-state index contributed by atoms with van der Waals surface area (Å²) in [5.74, 6) is -0.811. The zero-order valence-corrected chi connectivity index (χ0v) is 11.9. The number of aromatic nitrogens is 2. The number of benzene rings is 1. The first kappa shape index (κ1) is 14.3. The summed E-state index contributed by atoms with van der Waals surface area (Å²) in [5, 5.41) is 13.8. The highest BCUT2D eigenvalue weighted by Gasteiger charge is 2.21. The fourth-order valence-corrected chi connectivity index (χ4v) is 2.38. The van der Waals surface area contributed by atoms with Crippen LogP contribution >= 0.6 is 0 Å². The number of carbonyl (C=O) groups is 1. The molecule has 2 aromatic rings. The Morgan fingerprint density at radius 3 is 2.50 bits per heavy atom. The molecule has 1 aromatic carbocycles. The van der Waals surface area contributed by atoms with Gasteiger partial charge < -0.3 is 5.11 Å². The normalized spacial score (nSPS) is 12.3. The lowest BCUT2D eigenvalue weighted by Crippen LogP contribution is -2.18. The number of rotatable bonds is 6. The van der Waals surface area contributed by atoms with Gasteiger partial charge in [-0.1, -0.05) is 44.2 Å². The minimum atomic E-state index is -0.811. The summed E-state index contributed by atoms with van der Waals surface area (Å²) in [7, 11) is 0. The number of nitrogens with zero attached hydrogens (tertiary/aromatic N) is 2. The molecule has 1 aromatic heterocycles. The van der Waals surface area contributed by atoms with E-state index in [1.807, 2.05) is 35.0 Å². The molecule has 4 nitrogen and oxygen atoms in total. The average Bonchev–Trinajstić information content (AvgIpc) is 2.88. The van der Waals surface area contributed by atoms with Crippen molar-refractivity contribution in [2.24, 2.45) is 0 Å². The molecule has 20 heavy (non-hydrogen) atoms. The summed E-state index contributed by atoms with van der Waals surface area (Å²) < 4.78 is 1.88. The molecule has 0 saturated heterocycles. The second-order valence-electron chi connectivity index (χ2n) is 4.80. The SMILES string of the molecule is CCc1cc(CC)n(C(CC(=O)O)c2ccccc2)n1. The largest absolute Gasteiger partial charge is 0.481 e. The molecule has 0 aliphatic carbocycles. The predicted molar refractivity (Wildman–Crippen MR) is 77.8 cm³/mol. The minimum absolute atomic E-state index is 0.0435. The number of carboxylic acids is 1. The van der Waals surface area contributed by atoms with Crippen molar-refractivity contribution in [3.8, 4) is 0 Å². The molecule has 0 fully saturated rings. The van der Waals surface area contributed by atoms with Crippen LogP contribution in [-0.2, 0) is 17.6 Å². The zero-order chi connectivity index (χ0) is 14.5. The summed E-state index contributed by atoms with van der Waals surface area (Å²) in [4.78, 5) is 11.2. The lowest BCUT2D eigenvalue weighted by molar-refractivity contribution is -0.137. The monoisotopic (exact) mass is 272 g/mol. The van der Waals surface area contributed by atoms with Crippen LogP contribution in [0.2, 0.25) is 0 Å². The van der Waals surface area contributed by atoms with Gasteiger partial charge in [-0.25, -0.2) is 0 Å². The second kappa shape index (κ2) is 6.37. The van der Waals surface area contributed by atoms with E-state index in [2.05, 4.69) is 25.0 Å². The smallest absolute Gasteiger partial charge is 0.305 e. The number of aryl methyl sites for hydroxylation is 2. The molecule has 1 atom stereocenters. The lowest BCUT2D eigenvalue weighted by Gasteiger charge is -2.18. The topological polar surface area (TPSA) is 55.1 Å². The molecule has 1 N–H and O–H groups in total. The van der Waals surface area contributed by atoms with Crippen molar-refractivity contribution < 1.29 is 9.90 Å². The van der Waals surface area contributed by atoms with E-state index in [0.29, 0.717) is 0 Å². The van der Waals surface area contributed by atoms with Crippen LogP contribution in [0.5, 0.6) is 0 Å². The maximum absolute atomic E-state index is 11.2. The van der Waals surface area contributed by atoms with Gasteiger partial charge in [-0.05, 0) is 24.5 Å². The summed E-state index contributed by atoms with van der Waals surface area (Å²) in [6.45, 7) is 4.12. The van der Waals surface area contributed by atoms with E-state index in [0.717, 1.165) is 29.8 Å². The van der Waals surface area contributed by atoms with Crippen LogP contribution < -0.4 is 0 Å². The highest BCUT2D eigenvalue weighted by Crippen LogP contribution is 2.24. The summed E-state index contributed by atoms with van der Waals surface area (Å²) in [6.07, 6.45) is 1.74. The van der Waals surface area contributed by atoms with E-state index >= 15 is 0 Å². The van der Waals surface area contributed by atoms with Gasteiger partial charge in [0.2, 0.25) is 0 Å². The zero-order valence-electron chi connectivity index (χ0n) is 11.9. The standard InChI is InChI=1S/C16H20N2O2/c1-3-13-10-14(4-2)18(17-13)15(11-16(19)20)12-8-6-5-7-9-12/h5-10,15H,3-4,11H2,1-2H3,(H,19,20). The number of aliphatic carboxylic acids is 1. The van der Waals surface area contributed by atoms with Gasteiger partial charge in [-0.2, -0.15) is 5.10 Å². The third-order valence-corrected chi connectivity index (χ3v) is 3.44. The molecule has 0 amide bonds. The maximum atomic E-state index is 11.2. The van der Waals surface area contributed by atoms with Crippen LogP contribution in [0.1, 0.15) is 43.3 Å². The Morgan fingerprint density at radius 1 is 1.25 bits per heavy atom. The summed E-state index contributed by atoms with van der Waals surface area (Å²) in [5.41, 5.74) is 3.07. The molecule has 106 valence electrons. The molecule has 0 aliphatic rings. The van der Waals surface area contributed by atoms with E-state index in [9.17, 15) is 9.90 Å². The van der Waals surface area contributed by atoms with Crippen molar-refractivity contribution in [2.45, 2.75) is 39.2 Å². The number of carboxylic acid groups (broad SMARTS) is 1. The van der Waals surface area contributed by atoms with E-state index in [-0.39, 0.29) is 12.5 Å². The summed E-state index contributed by atoms with van der Waals surface area (Å²) in [6, 6.07) is 11.5. The third-order valence-electron chi connectivity index (χ3n) is 3.44. The molecule has 0 bridgehead atoms. The Hall–Kier alpha value is -2.10. The van der Waals surface area contributed by atoms with Crippen molar-refractivity contribution >= 4 is 5.97 Å².